The fraction of sp³-hybridized carbons (Fsp3) is 0.250. The van der Waals surface area contributed by atoms with Gasteiger partial charge in [0, 0.05) is 10.4 Å². The van der Waals surface area contributed by atoms with Crippen molar-refractivity contribution in [2.24, 2.45) is 0 Å². The summed E-state index contributed by atoms with van der Waals surface area (Å²) < 4.78 is 0.794. The highest BCUT2D eigenvalue weighted by molar-refractivity contribution is 9.10. The fourth-order valence-corrected chi connectivity index (χ4v) is 2.66. The minimum absolute atomic E-state index is 0.289. The number of nitrogens with zero attached hydrogens (tertiary/aromatic N) is 2. The third-order valence-corrected chi connectivity index (χ3v) is 4.29. The first kappa shape index (κ1) is 14.4. The van der Waals surface area contributed by atoms with E-state index in [4.69, 9.17) is 11.6 Å². The van der Waals surface area contributed by atoms with Crippen LogP contribution in [0.2, 0.25) is 5.02 Å². The van der Waals surface area contributed by atoms with Crippen LogP contribution in [0.4, 0.5) is 5.13 Å². The summed E-state index contributed by atoms with van der Waals surface area (Å²) in [6.07, 6.45) is 0. The highest BCUT2D eigenvalue weighted by Crippen LogP contribution is 2.25. The number of rotatable bonds is 3. The zero-order valence-corrected chi connectivity index (χ0v) is 13.4. The smallest absolute Gasteiger partial charge is 0.259 e. The van der Waals surface area contributed by atoms with Crippen molar-refractivity contribution in [2.45, 2.75) is 19.8 Å². The third kappa shape index (κ3) is 3.52. The van der Waals surface area contributed by atoms with Crippen molar-refractivity contribution in [1.82, 2.24) is 10.2 Å². The van der Waals surface area contributed by atoms with Crippen LogP contribution >= 0.6 is 38.9 Å². The van der Waals surface area contributed by atoms with Gasteiger partial charge in [-0.25, -0.2) is 0 Å². The summed E-state index contributed by atoms with van der Waals surface area (Å²) in [6.45, 7) is 4.05. The SMILES string of the molecule is CC(C)c1nnc(NC(=O)c2cc(Br)ccc2Cl)s1. The molecule has 0 saturated carbocycles. The predicted molar refractivity (Wildman–Crippen MR) is 81.1 cm³/mol. The number of carbonyl (C=O) groups is 1. The molecule has 0 atom stereocenters. The number of hydrogen-bond donors (Lipinski definition) is 1. The lowest BCUT2D eigenvalue weighted by Gasteiger charge is -2.04. The summed E-state index contributed by atoms with van der Waals surface area (Å²) in [4.78, 5) is 12.1. The summed E-state index contributed by atoms with van der Waals surface area (Å²) in [7, 11) is 0. The number of amides is 1. The second-order valence-electron chi connectivity index (χ2n) is 4.18. The van der Waals surface area contributed by atoms with Gasteiger partial charge in [-0.3, -0.25) is 10.1 Å². The van der Waals surface area contributed by atoms with Crippen LogP contribution in [-0.4, -0.2) is 16.1 Å². The molecule has 0 spiro atoms. The number of halogens is 2. The molecule has 1 heterocycles. The van der Waals surface area contributed by atoms with E-state index in [9.17, 15) is 4.79 Å². The van der Waals surface area contributed by atoms with Crippen molar-refractivity contribution >= 4 is 49.9 Å². The van der Waals surface area contributed by atoms with Crippen LogP contribution in [0.3, 0.4) is 0 Å². The maximum atomic E-state index is 12.1. The van der Waals surface area contributed by atoms with Gasteiger partial charge in [-0.1, -0.05) is 52.7 Å². The topological polar surface area (TPSA) is 54.9 Å². The Hall–Kier alpha value is -0.980. The van der Waals surface area contributed by atoms with E-state index in [1.807, 2.05) is 13.8 Å². The van der Waals surface area contributed by atoms with E-state index in [-0.39, 0.29) is 11.8 Å². The Balaban J connectivity index is 2.18. The lowest BCUT2D eigenvalue weighted by Crippen LogP contribution is -2.12. The van der Waals surface area contributed by atoms with Gasteiger partial charge in [0.2, 0.25) is 5.13 Å². The Labute approximate surface area is 128 Å². The van der Waals surface area contributed by atoms with Gasteiger partial charge in [-0.2, -0.15) is 0 Å². The maximum absolute atomic E-state index is 12.1. The predicted octanol–water partition coefficient (Wildman–Crippen LogP) is 4.33. The molecule has 0 radical (unpaired) electrons. The highest BCUT2D eigenvalue weighted by Gasteiger charge is 2.14. The van der Waals surface area contributed by atoms with Gasteiger partial charge in [-0.15, -0.1) is 10.2 Å². The lowest BCUT2D eigenvalue weighted by molar-refractivity contribution is 0.102. The van der Waals surface area contributed by atoms with Crippen molar-refractivity contribution in [3.63, 3.8) is 0 Å². The number of hydrogen-bond acceptors (Lipinski definition) is 4. The summed E-state index contributed by atoms with van der Waals surface area (Å²) in [5.41, 5.74) is 0.400. The van der Waals surface area contributed by atoms with E-state index in [1.165, 1.54) is 11.3 Å². The van der Waals surface area contributed by atoms with Crippen LogP contribution in [0.1, 0.15) is 35.1 Å². The molecule has 7 heteroatoms. The van der Waals surface area contributed by atoms with Gasteiger partial charge < -0.3 is 0 Å². The van der Waals surface area contributed by atoms with Gasteiger partial charge in [0.15, 0.2) is 0 Å². The van der Waals surface area contributed by atoms with Crippen LogP contribution in [0.25, 0.3) is 0 Å². The van der Waals surface area contributed by atoms with Crippen LogP contribution in [-0.2, 0) is 0 Å². The number of benzene rings is 1. The molecule has 19 heavy (non-hydrogen) atoms. The number of aromatic nitrogens is 2. The van der Waals surface area contributed by atoms with Crippen LogP contribution in [0.5, 0.6) is 0 Å². The van der Waals surface area contributed by atoms with E-state index in [2.05, 4.69) is 31.4 Å². The second-order valence-corrected chi connectivity index (χ2v) is 6.51. The molecule has 1 amide bonds. The van der Waals surface area contributed by atoms with Crippen LogP contribution < -0.4 is 5.32 Å². The molecule has 1 aromatic carbocycles. The minimum Gasteiger partial charge on any atom is -0.296 e. The largest absolute Gasteiger partial charge is 0.296 e. The average molecular weight is 361 g/mol. The maximum Gasteiger partial charge on any atom is 0.259 e. The summed E-state index contributed by atoms with van der Waals surface area (Å²) in [6, 6.07) is 5.11. The van der Waals surface area contributed by atoms with Crippen LogP contribution in [0.15, 0.2) is 22.7 Å². The van der Waals surface area contributed by atoms with Gasteiger partial charge in [-0.05, 0) is 18.2 Å². The molecule has 100 valence electrons. The standard InChI is InChI=1S/C12H11BrClN3OS/c1-6(2)11-16-17-12(19-11)15-10(18)8-5-7(13)3-4-9(8)14/h3-6H,1-2H3,(H,15,17,18). The van der Waals surface area contributed by atoms with E-state index < -0.39 is 0 Å². The molecular weight excluding hydrogens is 350 g/mol. The van der Waals surface area contributed by atoms with Crippen molar-refractivity contribution in [2.75, 3.05) is 5.32 Å². The van der Waals surface area contributed by atoms with Gasteiger partial charge in [0.25, 0.3) is 5.91 Å². The molecule has 1 aromatic heterocycles. The lowest BCUT2D eigenvalue weighted by atomic mass is 10.2. The first-order valence-corrected chi connectivity index (χ1v) is 7.56. The zero-order valence-electron chi connectivity index (χ0n) is 10.3. The molecule has 0 aliphatic heterocycles. The molecule has 4 nitrogen and oxygen atoms in total. The summed E-state index contributed by atoms with van der Waals surface area (Å²) >= 11 is 10.7. The Kier molecular flexibility index (Phi) is 4.54. The summed E-state index contributed by atoms with van der Waals surface area (Å²) in [5, 5.41) is 12.4. The Morgan fingerprint density at radius 2 is 2.16 bits per heavy atom. The van der Waals surface area contributed by atoms with Crippen LogP contribution in [0, 0.1) is 0 Å². The Morgan fingerprint density at radius 3 is 2.79 bits per heavy atom. The number of anilines is 1. The monoisotopic (exact) mass is 359 g/mol. The van der Waals surface area contributed by atoms with E-state index >= 15 is 0 Å². The van der Waals surface area contributed by atoms with Crippen molar-refractivity contribution in [1.29, 1.82) is 0 Å². The quantitative estimate of drug-likeness (QED) is 0.886. The third-order valence-electron chi connectivity index (χ3n) is 2.33. The molecule has 1 N–H and O–H groups in total. The first-order valence-electron chi connectivity index (χ1n) is 5.57. The molecule has 0 aliphatic rings. The normalized spacial score (nSPS) is 10.8. The second kappa shape index (κ2) is 5.98. The Morgan fingerprint density at radius 1 is 1.42 bits per heavy atom. The van der Waals surface area contributed by atoms with E-state index in [0.717, 1.165) is 9.48 Å². The average Bonchev–Trinajstić information content (AvgIpc) is 2.80. The first-order chi connectivity index (χ1) is 8.97. The molecule has 0 saturated heterocycles. The van der Waals surface area contributed by atoms with E-state index in [0.29, 0.717) is 15.7 Å². The zero-order chi connectivity index (χ0) is 14.0. The van der Waals surface area contributed by atoms with Crippen molar-refractivity contribution in [3.8, 4) is 0 Å². The summed E-state index contributed by atoms with van der Waals surface area (Å²) in [5.74, 6) is -0.00429. The molecule has 0 bridgehead atoms. The molecule has 0 fully saturated rings. The van der Waals surface area contributed by atoms with Gasteiger partial charge in [0.1, 0.15) is 5.01 Å². The van der Waals surface area contributed by atoms with E-state index in [1.54, 1.807) is 18.2 Å². The Bertz CT molecular complexity index is 615. The molecule has 2 aromatic rings. The molecule has 0 unspecified atom stereocenters. The van der Waals surface area contributed by atoms with Crippen molar-refractivity contribution in [3.05, 3.63) is 38.3 Å². The highest BCUT2D eigenvalue weighted by atomic mass is 79.9. The van der Waals surface area contributed by atoms with Gasteiger partial charge >= 0.3 is 0 Å². The number of nitrogens with one attached hydrogen (secondary N) is 1. The molecular formula is C12H11BrClN3OS. The molecule has 2 rings (SSSR count). The number of carbonyl (C=O) groups excluding carboxylic acids is 1. The van der Waals surface area contributed by atoms with Gasteiger partial charge in [0.05, 0.1) is 10.6 Å². The minimum atomic E-state index is -0.294. The molecule has 0 aliphatic carbocycles. The van der Waals surface area contributed by atoms with Crippen molar-refractivity contribution < 1.29 is 4.79 Å². The fourth-order valence-electron chi connectivity index (χ4n) is 1.35.